The lowest BCUT2D eigenvalue weighted by Crippen LogP contribution is -2.42. The van der Waals surface area contributed by atoms with Gasteiger partial charge in [-0.1, -0.05) is 32.9 Å². The van der Waals surface area contributed by atoms with Gasteiger partial charge >= 0.3 is 0 Å². The Morgan fingerprint density at radius 3 is 2.30 bits per heavy atom. The van der Waals surface area contributed by atoms with Crippen molar-refractivity contribution in [1.29, 1.82) is 0 Å². The molecule has 1 aromatic heterocycles. The number of carbonyl (C=O) groups is 2. The molecule has 0 spiro atoms. The predicted molar refractivity (Wildman–Crippen MR) is 112 cm³/mol. The van der Waals surface area contributed by atoms with Crippen LogP contribution in [-0.2, 0) is 4.79 Å². The number of ketones is 1. The number of aromatic nitrogens is 1. The number of benzene rings is 1. The SMILES string of the molecule is CC(C)C[C@@H](CO)NC(=O)[C@@H](CC(=O)c1cc(-c2ccc(F)cc2)on1)CC(C)C. The lowest BCUT2D eigenvalue weighted by atomic mass is 9.90. The van der Waals surface area contributed by atoms with E-state index in [1.807, 2.05) is 27.7 Å². The van der Waals surface area contributed by atoms with Crippen LogP contribution in [0.15, 0.2) is 34.9 Å². The summed E-state index contributed by atoms with van der Waals surface area (Å²) < 4.78 is 18.3. The van der Waals surface area contributed by atoms with Crippen molar-refractivity contribution in [3.05, 3.63) is 41.8 Å². The smallest absolute Gasteiger partial charge is 0.223 e. The Balaban J connectivity index is 2.09. The zero-order valence-electron chi connectivity index (χ0n) is 18.0. The summed E-state index contributed by atoms with van der Waals surface area (Å²) in [5.41, 5.74) is 0.746. The van der Waals surface area contributed by atoms with Crippen molar-refractivity contribution in [3.63, 3.8) is 0 Å². The summed E-state index contributed by atoms with van der Waals surface area (Å²) in [6.45, 7) is 7.88. The summed E-state index contributed by atoms with van der Waals surface area (Å²) in [6.07, 6.45) is 1.20. The first kappa shape index (κ1) is 23.7. The molecular weight excluding hydrogens is 387 g/mol. The first-order valence-electron chi connectivity index (χ1n) is 10.4. The summed E-state index contributed by atoms with van der Waals surface area (Å²) in [4.78, 5) is 25.6. The number of halogens is 1. The van der Waals surface area contributed by atoms with Gasteiger partial charge in [-0.15, -0.1) is 0 Å². The highest BCUT2D eigenvalue weighted by molar-refractivity contribution is 5.97. The zero-order valence-corrected chi connectivity index (χ0v) is 18.0. The number of hydrogen-bond acceptors (Lipinski definition) is 5. The molecule has 0 aliphatic rings. The molecule has 2 aromatic rings. The van der Waals surface area contributed by atoms with Crippen molar-refractivity contribution in [2.45, 2.75) is 53.0 Å². The van der Waals surface area contributed by atoms with Gasteiger partial charge in [0.15, 0.2) is 11.5 Å². The van der Waals surface area contributed by atoms with Crippen molar-refractivity contribution in [1.82, 2.24) is 10.5 Å². The lowest BCUT2D eigenvalue weighted by Gasteiger charge is -2.23. The average Bonchev–Trinajstić information content (AvgIpc) is 3.17. The maximum atomic E-state index is 13.1. The number of carbonyl (C=O) groups excluding carboxylic acids is 2. The molecule has 1 aromatic carbocycles. The predicted octanol–water partition coefficient (Wildman–Crippen LogP) is 4.24. The minimum Gasteiger partial charge on any atom is -0.394 e. The molecule has 2 atom stereocenters. The standard InChI is InChI=1S/C23H31FN2O4/c1-14(2)9-17(23(29)25-19(13-27)10-15(3)4)11-21(28)20-12-22(30-26-20)16-5-7-18(24)8-6-16/h5-8,12,14-15,17,19,27H,9-11,13H2,1-4H3,(H,25,29)/t17-,19+/m1/s1. The summed E-state index contributed by atoms with van der Waals surface area (Å²) in [5, 5.41) is 16.3. The third-order valence-electron chi connectivity index (χ3n) is 4.81. The molecular formula is C23H31FN2O4. The summed E-state index contributed by atoms with van der Waals surface area (Å²) in [7, 11) is 0. The molecule has 1 heterocycles. The van der Waals surface area contributed by atoms with E-state index in [1.165, 1.54) is 18.2 Å². The van der Waals surface area contributed by atoms with Gasteiger partial charge in [-0.05, 0) is 48.9 Å². The Hall–Kier alpha value is -2.54. The van der Waals surface area contributed by atoms with E-state index in [0.717, 1.165) is 0 Å². The Morgan fingerprint density at radius 2 is 1.73 bits per heavy atom. The minimum atomic E-state index is -0.523. The normalized spacial score (nSPS) is 13.5. The zero-order chi connectivity index (χ0) is 22.3. The van der Waals surface area contributed by atoms with E-state index in [-0.39, 0.29) is 48.2 Å². The highest BCUT2D eigenvalue weighted by Crippen LogP contribution is 2.23. The molecule has 0 fully saturated rings. The third kappa shape index (κ3) is 7.06. The third-order valence-corrected chi connectivity index (χ3v) is 4.81. The first-order chi connectivity index (χ1) is 14.2. The van der Waals surface area contributed by atoms with Crippen molar-refractivity contribution in [2.24, 2.45) is 17.8 Å². The van der Waals surface area contributed by atoms with Gasteiger partial charge in [0.2, 0.25) is 5.91 Å². The maximum Gasteiger partial charge on any atom is 0.223 e. The monoisotopic (exact) mass is 418 g/mol. The highest BCUT2D eigenvalue weighted by atomic mass is 19.1. The number of aliphatic hydroxyl groups excluding tert-OH is 1. The second kappa shape index (κ2) is 11.0. The summed E-state index contributed by atoms with van der Waals surface area (Å²) >= 11 is 0. The van der Waals surface area contributed by atoms with E-state index in [9.17, 15) is 19.1 Å². The van der Waals surface area contributed by atoms with Crippen LogP contribution in [0, 0.1) is 23.6 Å². The quantitative estimate of drug-likeness (QED) is 0.533. The van der Waals surface area contributed by atoms with Crippen LogP contribution in [0.5, 0.6) is 0 Å². The van der Waals surface area contributed by atoms with Crippen LogP contribution >= 0.6 is 0 Å². The van der Waals surface area contributed by atoms with E-state index in [2.05, 4.69) is 10.5 Å². The molecule has 0 radical (unpaired) electrons. The molecule has 2 rings (SSSR count). The van der Waals surface area contributed by atoms with E-state index in [1.54, 1.807) is 12.1 Å². The van der Waals surface area contributed by atoms with E-state index >= 15 is 0 Å². The van der Waals surface area contributed by atoms with Crippen LogP contribution in [0.2, 0.25) is 0 Å². The molecule has 0 saturated heterocycles. The first-order valence-corrected chi connectivity index (χ1v) is 10.4. The van der Waals surface area contributed by atoms with Gasteiger partial charge < -0.3 is 14.9 Å². The number of hydrogen-bond donors (Lipinski definition) is 2. The molecule has 2 N–H and O–H groups in total. The number of Topliss-reactive ketones (excluding diaryl/α,β-unsaturated/α-hetero) is 1. The second-order valence-corrected chi connectivity index (χ2v) is 8.55. The Morgan fingerprint density at radius 1 is 1.10 bits per heavy atom. The minimum absolute atomic E-state index is 0.000762. The summed E-state index contributed by atoms with van der Waals surface area (Å²) in [6, 6.07) is 6.87. The maximum absolute atomic E-state index is 13.1. The van der Waals surface area contributed by atoms with Gasteiger partial charge in [-0.25, -0.2) is 4.39 Å². The van der Waals surface area contributed by atoms with Gasteiger partial charge in [0.25, 0.3) is 0 Å². The number of aliphatic hydroxyl groups is 1. The largest absolute Gasteiger partial charge is 0.394 e. The molecule has 0 unspecified atom stereocenters. The Kier molecular flexibility index (Phi) is 8.72. The fourth-order valence-corrected chi connectivity index (χ4v) is 3.40. The number of nitrogens with zero attached hydrogens (tertiary/aromatic N) is 1. The van der Waals surface area contributed by atoms with Crippen molar-refractivity contribution >= 4 is 11.7 Å². The van der Waals surface area contributed by atoms with Gasteiger partial charge in [0, 0.05) is 24.0 Å². The van der Waals surface area contributed by atoms with Crippen LogP contribution in [0.3, 0.4) is 0 Å². The van der Waals surface area contributed by atoms with E-state index < -0.39 is 5.92 Å². The number of rotatable bonds is 11. The molecule has 0 aliphatic carbocycles. The van der Waals surface area contributed by atoms with Gasteiger partial charge in [-0.3, -0.25) is 9.59 Å². The van der Waals surface area contributed by atoms with Crippen LogP contribution in [0.1, 0.15) is 57.4 Å². The molecule has 7 heteroatoms. The van der Waals surface area contributed by atoms with Crippen LogP contribution in [0.4, 0.5) is 4.39 Å². The molecule has 30 heavy (non-hydrogen) atoms. The fraction of sp³-hybridized carbons (Fsp3) is 0.522. The second-order valence-electron chi connectivity index (χ2n) is 8.55. The van der Waals surface area contributed by atoms with Gasteiger partial charge in [-0.2, -0.15) is 0 Å². The highest BCUT2D eigenvalue weighted by Gasteiger charge is 2.27. The molecule has 0 saturated carbocycles. The molecule has 6 nitrogen and oxygen atoms in total. The van der Waals surface area contributed by atoms with Gasteiger partial charge in [0.1, 0.15) is 11.5 Å². The van der Waals surface area contributed by atoms with Crippen molar-refractivity contribution < 1.29 is 23.6 Å². The molecule has 1 amide bonds. The lowest BCUT2D eigenvalue weighted by molar-refractivity contribution is -0.126. The van der Waals surface area contributed by atoms with Gasteiger partial charge in [0.05, 0.1) is 12.6 Å². The molecule has 0 bridgehead atoms. The topological polar surface area (TPSA) is 92.4 Å². The summed E-state index contributed by atoms with van der Waals surface area (Å²) in [5.74, 6) is -0.511. The Labute approximate surface area is 176 Å². The average molecular weight is 419 g/mol. The number of nitrogens with one attached hydrogen (secondary N) is 1. The van der Waals surface area contributed by atoms with Crippen LogP contribution in [0.25, 0.3) is 11.3 Å². The van der Waals surface area contributed by atoms with Crippen molar-refractivity contribution in [3.8, 4) is 11.3 Å². The van der Waals surface area contributed by atoms with Crippen LogP contribution < -0.4 is 5.32 Å². The van der Waals surface area contributed by atoms with Crippen LogP contribution in [-0.4, -0.2) is 34.6 Å². The van der Waals surface area contributed by atoms with Crippen molar-refractivity contribution in [2.75, 3.05) is 6.61 Å². The number of amides is 1. The van der Waals surface area contributed by atoms with E-state index in [4.69, 9.17) is 4.52 Å². The molecule has 0 aliphatic heterocycles. The fourth-order valence-electron chi connectivity index (χ4n) is 3.40. The van der Waals surface area contributed by atoms with E-state index in [0.29, 0.717) is 30.1 Å². The Bertz CT molecular complexity index is 830. The molecule has 164 valence electrons.